The predicted octanol–water partition coefficient (Wildman–Crippen LogP) is 4.93. The van der Waals surface area contributed by atoms with Crippen molar-refractivity contribution in [3.05, 3.63) is 76.9 Å². The largest absolute Gasteiger partial charge is 0.0955 e. The standard InChI is InChI=1S/C18H20/c1-13(2)18-11-14(3)9-10-17(18)12-16-8-6-5-7-15(16)4/h5-11H,1,12H2,2-4H3. The Morgan fingerprint density at radius 1 is 1.00 bits per heavy atom. The summed E-state index contributed by atoms with van der Waals surface area (Å²) >= 11 is 0. The highest BCUT2D eigenvalue weighted by atomic mass is 14.1. The summed E-state index contributed by atoms with van der Waals surface area (Å²) < 4.78 is 0. The van der Waals surface area contributed by atoms with Crippen LogP contribution in [-0.4, -0.2) is 0 Å². The molecule has 0 fully saturated rings. The fourth-order valence-corrected chi connectivity index (χ4v) is 2.26. The van der Waals surface area contributed by atoms with Gasteiger partial charge >= 0.3 is 0 Å². The molecule has 0 N–H and O–H groups in total. The average molecular weight is 236 g/mol. The third-order valence-electron chi connectivity index (χ3n) is 3.37. The van der Waals surface area contributed by atoms with Crippen LogP contribution in [0.3, 0.4) is 0 Å². The van der Waals surface area contributed by atoms with Gasteiger partial charge in [0.2, 0.25) is 0 Å². The van der Waals surface area contributed by atoms with Gasteiger partial charge in [0.1, 0.15) is 0 Å². The van der Waals surface area contributed by atoms with Gasteiger partial charge in [-0.1, -0.05) is 60.2 Å². The van der Waals surface area contributed by atoms with Crippen molar-refractivity contribution in [3.8, 4) is 0 Å². The fourth-order valence-electron chi connectivity index (χ4n) is 2.26. The highest BCUT2D eigenvalue weighted by Gasteiger charge is 2.06. The van der Waals surface area contributed by atoms with Crippen LogP contribution in [0.25, 0.3) is 5.57 Å². The Balaban J connectivity index is 2.41. The van der Waals surface area contributed by atoms with Crippen LogP contribution in [0.2, 0.25) is 0 Å². The molecule has 0 aliphatic carbocycles. The summed E-state index contributed by atoms with van der Waals surface area (Å²) in [5, 5.41) is 0. The molecule has 2 aromatic rings. The molecule has 0 aliphatic heterocycles. The molecule has 0 amide bonds. The van der Waals surface area contributed by atoms with Crippen molar-refractivity contribution in [2.75, 3.05) is 0 Å². The van der Waals surface area contributed by atoms with Gasteiger partial charge in [0.15, 0.2) is 0 Å². The first-order chi connectivity index (χ1) is 8.58. The second kappa shape index (κ2) is 5.22. The summed E-state index contributed by atoms with van der Waals surface area (Å²) in [7, 11) is 0. The van der Waals surface area contributed by atoms with Gasteiger partial charge in [-0.25, -0.2) is 0 Å². The summed E-state index contributed by atoms with van der Waals surface area (Å²) in [4.78, 5) is 0. The van der Waals surface area contributed by atoms with E-state index in [0.717, 1.165) is 12.0 Å². The predicted molar refractivity (Wildman–Crippen MR) is 79.9 cm³/mol. The van der Waals surface area contributed by atoms with Crippen LogP contribution in [0.15, 0.2) is 49.0 Å². The Kier molecular flexibility index (Phi) is 3.66. The molecule has 0 radical (unpaired) electrons. The molecule has 0 saturated carbocycles. The molecule has 0 heteroatoms. The zero-order valence-corrected chi connectivity index (χ0v) is 11.5. The van der Waals surface area contributed by atoms with Gasteiger partial charge in [0.05, 0.1) is 0 Å². The van der Waals surface area contributed by atoms with Gasteiger partial charge in [-0.15, -0.1) is 0 Å². The molecule has 2 aromatic carbocycles. The zero-order valence-electron chi connectivity index (χ0n) is 11.5. The summed E-state index contributed by atoms with van der Waals surface area (Å²) in [6.45, 7) is 10.5. The molecule has 0 heterocycles. The number of hydrogen-bond donors (Lipinski definition) is 0. The van der Waals surface area contributed by atoms with E-state index < -0.39 is 0 Å². The highest BCUT2D eigenvalue weighted by molar-refractivity contribution is 5.65. The lowest BCUT2D eigenvalue weighted by atomic mass is 9.93. The Labute approximate surface area is 110 Å². The molecule has 18 heavy (non-hydrogen) atoms. The fraction of sp³-hybridized carbons (Fsp3) is 0.222. The van der Waals surface area contributed by atoms with Crippen LogP contribution in [0.5, 0.6) is 0 Å². The molecular weight excluding hydrogens is 216 g/mol. The molecule has 0 atom stereocenters. The van der Waals surface area contributed by atoms with Crippen molar-refractivity contribution in [3.63, 3.8) is 0 Å². The number of rotatable bonds is 3. The lowest BCUT2D eigenvalue weighted by Crippen LogP contribution is -1.96. The molecule has 0 saturated heterocycles. The van der Waals surface area contributed by atoms with Crippen molar-refractivity contribution < 1.29 is 0 Å². The SMILES string of the molecule is C=C(C)c1cc(C)ccc1Cc1ccccc1C. The quantitative estimate of drug-likeness (QED) is 0.709. The molecular formula is C18H20. The van der Waals surface area contributed by atoms with Crippen molar-refractivity contribution in [2.45, 2.75) is 27.2 Å². The van der Waals surface area contributed by atoms with E-state index in [1.54, 1.807) is 0 Å². The minimum absolute atomic E-state index is 0.981. The van der Waals surface area contributed by atoms with Gasteiger partial charge in [-0.3, -0.25) is 0 Å². The first kappa shape index (κ1) is 12.6. The van der Waals surface area contributed by atoms with Gasteiger partial charge in [-0.2, -0.15) is 0 Å². The maximum absolute atomic E-state index is 4.09. The highest BCUT2D eigenvalue weighted by Crippen LogP contribution is 2.23. The van der Waals surface area contributed by atoms with E-state index in [4.69, 9.17) is 0 Å². The minimum Gasteiger partial charge on any atom is -0.0955 e. The lowest BCUT2D eigenvalue weighted by molar-refractivity contribution is 1.14. The summed E-state index contributed by atoms with van der Waals surface area (Å²) in [5.41, 5.74) is 7.83. The van der Waals surface area contributed by atoms with E-state index in [1.807, 2.05) is 0 Å². The second-order valence-electron chi connectivity index (χ2n) is 5.04. The number of aryl methyl sites for hydroxylation is 2. The lowest BCUT2D eigenvalue weighted by Gasteiger charge is -2.12. The van der Waals surface area contributed by atoms with Crippen LogP contribution < -0.4 is 0 Å². The Hall–Kier alpha value is -1.82. The second-order valence-corrected chi connectivity index (χ2v) is 5.04. The summed E-state index contributed by atoms with van der Waals surface area (Å²) in [5.74, 6) is 0. The first-order valence-electron chi connectivity index (χ1n) is 6.38. The van der Waals surface area contributed by atoms with Crippen LogP contribution in [0.1, 0.15) is 34.7 Å². The average Bonchev–Trinajstić information content (AvgIpc) is 2.34. The minimum atomic E-state index is 0.981. The molecule has 0 aliphatic rings. The van der Waals surface area contributed by atoms with Crippen molar-refractivity contribution in [1.29, 1.82) is 0 Å². The van der Waals surface area contributed by atoms with Gasteiger partial charge in [0, 0.05) is 0 Å². The molecule has 0 aromatic heterocycles. The first-order valence-corrected chi connectivity index (χ1v) is 6.38. The maximum Gasteiger partial charge on any atom is -0.00171 e. The molecule has 0 nitrogen and oxygen atoms in total. The van der Waals surface area contributed by atoms with E-state index in [-0.39, 0.29) is 0 Å². The van der Waals surface area contributed by atoms with Crippen LogP contribution in [0, 0.1) is 13.8 Å². The van der Waals surface area contributed by atoms with Gasteiger partial charge in [-0.05, 0) is 49.4 Å². The van der Waals surface area contributed by atoms with E-state index in [2.05, 4.69) is 69.8 Å². The van der Waals surface area contributed by atoms with E-state index in [0.29, 0.717) is 0 Å². The molecule has 2 rings (SSSR count). The Bertz CT molecular complexity index is 576. The van der Waals surface area contributed by atoms with E-state index in [9.17, 15) is 0 Å². The van der Waals surface area contributed by atoms with Crippen molar-refractivity contribution >= 4 is 5.57 Å². The topological polar surface area (TPSA) is 0 Å². The monoisotopic (exact) mass is 236 g/mol. The third-order valence-corrected chi connectivity index (χ3v) is 3.37. The normalized spacial score (nSPS) is 10.4. The van der Waals surface area contributed by atoms with Crippen LogP contribution >= 0.6 is 0 Å². The Morgan fingerprint density at radius 3 is 2.39 bits per heavy atom. The molecule has 0 spiro atoms. The van der Waals surface area contributed by atoms with E-state index in [1.165, 1.54) is 27.8 Å². The van der Waals surface area contributed by atoms with Crippen LogP contribution in [-0.2, 0) is 6.42 Å². The van der Waals surface area contributed by atoms with Gasteiger partial charge in [0.25, 0.3) is 0 Å². The smallest absolute Gasteiger partial charge is 0.00171 e. The zero-order chi connectivity index (χ0) is 13.1. The number of hydrogen-bond acceptors (Lipinski definition) is 0. The Morgan fingerprint density at radius 2 is 1.72 bits per heavy atom. The van der Waals surface area contributed by atoms with E-state index >= 15 is 0 Å². The maximum atomic E-state index is 4.09. The summed E-state index contributed by atoms with van der Waals surface area (Å²) in [6.07, 6.45) is 0.981. The van der Waals surface area contributed by atoms with Gasteiger partial charge < -0.3 is 0 Å². The number of allylic oxidation sites excluding steroid dienone is 1. The van der Waals surface area contributed by atoms with Crippen molar-refractivity contribution in [2.24, 2.45) is 0 Å². The van der Waals surface area contributed by atoms with Crippen molar-refractivity contribution in [1.82, 2.24) is 0 Å². The number of benzene rings is 2. The van der Waals surface area contributed by atoms with Crippen LogP contribution in [0.4, 0.5) is 0 Å². The molecule has 92 valence electrons. The molecule has 0 unspecified atom stereocenters. The molecule has 0 bridgehead atoms. The third kappa shape index (κ3) is 2.70. The summed E-state index contributed by atoms with van der Waals surface area (Å²) in [6, 6.07) is 15.2.